The molecule has 0 amide bonds. The van der Waals surface area contributed by atoms with Crippen molar-refractivity contribution in [3.8, 4) is 5.75 Å². The predicted molar refractivity (Wildman–Crippen MR) is 69.3 cm³/mol. The number of aryl methyl sites for hydroxylation is 1. The molecule has 2 rings (SSSR count). The quantitative estimate of drug-likeness (QED) is 0.873. The summed E-state index contributed by atoms with van der Waals surface area (Å²) in [6.45, 7) is 2.52. The second kappa shape index (κ2) is 5.34. The van der Waals surface area contributed by atoms with Gasteiger partial charge >= 0.3 is 0 Å². The minimum absolute atomic E-state index is 0.486. The standard InChI is InChI=1S/C14H16N2O/c1-11-5-3-4-6-14(11)17-10-13-9-12(15-2)7-8-16-13/h3-9H,10H2,1-2H3,(H,15,16). The highest BCUT2D eigenvalue weighted by Crippen LogP contribution is 2.18. The zero-order chi connectivity index (χ0) is 12.1. The van der Waals surface area contributed by atoms with Gasteiger partial charge in [-0.05, 0) is 30.7 Å². The third-order valence-electron chi connectivity index (χ3n) is 2.57. The SMILES string of the molecule is CNc1ccnc(COc2ccccc2C)c1. The molecule has 0 radical (unpaired) electrons. The first-order chi connectivity index (χ1) is 8.29. The monoisotopic (exact) mass is 228 g/mol. The van der Waals surface area contributed by atoms with E-state index in [1.807, 2.05) is 50.4 Å². The number of anilines is 1. The summed E-state index contributed by atoms with van der Waals surface area (Å²) < 4.78 is 5.73. The maximum absolute atomic E-state index is 5.73. The van der Waals surface area contributed by atoms with Crippen molar-refractivity contribution in [1.29, 1.82) is 0 Å². The third kappa shape index (κ3) is 2.97. The zero-order valence-corrected chi connectivity index (χ0v) is 10.1. The van der Waals surface area contributed by atoms with Crippen LogP contribution in [0, 0.1) is 6.92 Å². The fourth-order valence-corrected chi connectivity index (χ4v) is 1.58. The Morgan fingerprint density at radius 2 is 2.06 bits per heavy atom. The minimum atomic E-state index is 0.486. The second-order valence-electron chi connectivity index (χ2n) is 3.84. The molecular weight excluding hydrogens is 212 g/mol. The van der Waals surface area contributed by atoms with Crippen LogP contribution in [0.1, 0.15) is 11.3 Å². The predicted octanol–water partition coefficient (Wildman–Crippen LogP) is 3.01. The minimum Gasteiger partial charge on any atom is -0.487 e. The van der Waals surface area contributed by atoms with Crippen LogP contribution in [0.25, 0.3) is 0 Å². The van der Waals surface area contributed by atoms with Crippen LogP contribution in [-0.4, -0.2) is 12.0 Å². The van der Waals surface area contributed by atoms with E-state index in [4.69, 9.17) is 4.74 Å². The van der Waals surface area contributed by atoms with Crippen molar-refractivity contribution in [2.75, 3.05) is 12.4 Å². The maximum atomic E-state index is 5.73. The fourth-order valence-electron chi connectivity index (χ4n) is 1.58. The van der Waals surface area contributed by atoms with Gasteiger partial charge in [0.1, 0.15) is 12.4 Å². The van der Waals surface area contributed by atoms with Gasteiger partial charge in [-0.25, -0.2) is 0 Å². The van der Waals surface area contributed by atoms with Gasteiger partial charge in [-0.3, -0.25) is 4.98 Å². The molecular formula is C14H16N2O. The molecule has 0 aliphatic rings. The fraction of sp³-hybridized carbons (Fsp3) is 0.214. The van der Waals surface area contributed by atoms with Crippen molar-refractivity contribution in [2.45, 2.75) is 13.5 Å². The molecule has 1 heterocycles. The molecule has 1 aromatic carbocycles. The molecule has 0 bridgehead atoms. The average molecular weight is 228 g/mol. The molecule has 1 aromatic heterocycles. The second-order valence-corrected chi connectivity index (χ2v) is 3.84. The largest absolute Gasteiger partial charge is 0.487 e. The number of rotatable bonds is 4. The maximum Gasteiger partial charge on any atom is 0.130 e. The van der Waals surface area contributed by atoms with Crippen LogP contribution < -0.4 is 10.1 Å². The molecule has 0 saturated heterocycles. The highest BCUT2D eigenvalue weighted by atomic mass is 16.5. The molecule has 1 N–H and O–H groups in total. The Balaban J connectivity index is 2.05. The van der Waals surface area contributed by atoms with Crippen molar-refractivity contribution in [1.82, 2.24) is 4.98 Å². The van der Waals surface area contributed by atoms with Crippen molar-refractivity contribution >= 4 is 5.69 Å². The van der Waals surface area contributed by atoms with Crippen LogP contribution in [0.3, 0.4) is 0 Å². The van der Waals surface area contributed by atoms with E-state index in [1.165, 1.54) is 0 Å². The summed E-state index contributed by atoms with van der Waals surface area (Å²) >= 11 is 0. The lowest BCUT2D eigenvalue weighted by Gasteiger charge is -2.09. The Labute approximate surface area is 101 Å². The molecule has 0 aliphatic heterocycles. The normalized spacial score (nSPS) is 10.0. The van der Waals surface area contributed by atoms with E-state index in [0.29, 0.717) is 6.61 Å². The number of aromatic nitrogens is 1. The molecule has 0 atom stereocenters. The van der Waals surface area contributed by atoms with Crippen molar-refractivity contribution in [2.24, 2.45) is 0 Å². The number of nitrogens with one attached hydrogen (secondary N) is 1. The highest BCUT2D eigenvalue weighted by Gasteiger charge is 2.00. The van der Waals surface area contributed by atoms with E-state index in [1.54, 1.807) is 6.20 Å². The molecule has 3 heteroatoms. The van der Waals surface area contributed by atoms with E-state index >= 15 is 0 Å². The van der Waals surface area contributed by atoms with Gasteiger partial charge in [0.25, 0.3) is 0 Å². The Kier molecular flexibility index (Phi) is 3.60. The van der Waals surface area contributed by atoms with Crippen molar-refractivity contribution in [3.63, 3.8) is 0 Å². The van der Waals surface area contributed by atoms with Gasteiger partial charge in [-0.2, -0.15) is 0 Å². The van der Waals surface area contributed by atoms with Gasteiger partial charge in [0.05, 0.1) is 5.69 Å². The summed E-state index contributed by atoms with van der Waals surface area (Å²) in [6, 6.07) is 11.9. The van der Waals surface area contributed by atoms with Crippen LogP contribution in [-0.2, 0) is 6.61 Å². The molecule has 88 valence electrons. The topological polar surface area (TPSA) is 34.2 Å². The Morgan fingerprint density at radius 3 is 2.82 bits per heavy atom. The summed E-state index contributed by atoms with van der Waals surface area (Å²) in [6.07, 6.45) is 1.78. The smallest absolute Gasteiger partial charge is 0.130 e. The Morgan fingerprint density at radius 1 is 1.24 bits per heavy atom. The molecule has 17 heavy (non-hydrogen) atoms. The van der Waals surface area contributed by atoms with Crippen LogP contribution in [0.4, 0.5) is 5.69 Å². The third-order valence-corrected chi connectivity index (χ3v) is 2.57. The van der Waals surface area contributed by atoms with Gasteiger partial charge in [0.2, 0.25) is 0 Å². The number of pyridine rings is 1. The first-order valence-corrected chi connectivity index (χ1v) is 5.60. The molecule has 3 nitrogen and oxygen atoms in total. The van der Waals surface area contributed by atoms with Crippen molar-refractivity contribution < 1.29 is 4.74 Å². The number of para-hydroxylation sites is 1. The lowest BCUT2D eigenvalue weighted by atomic mass is 10.2. The number of hydrogen-bond acceptors (Lipinski definition) is 3. The molecule has 2 aromatic rings. The Bertz CT molecular complexity index is 497. The van der Waals surface area contributed by atoms with Crippen LogP contribution >= 0.6 is 0 Å². The van der Waals surface area contributed by atoms with E-state index in [2.05, 4.69) is 10.3 Å². The van der Waals surface area contributed by atoms with E-state index in [0.717, 1.165) is 22.7 Å². The zero-order valence-electron chi connectivity index (χ0n) is 10.1. The molecule has 0 fully saturated rings. The van der Waals surface area contributed by atoms with E-state index < -0.39 is 0 Å². The summed E-state index contributed by atoms with van der Waals surface area (Å²) in [5, 5.41) is 3.08. The molecule has 0 spiro atoms. The molecule has 0 aliphatic carbocycles. The molecule has 0 saturated carbocycles. The summed E-state index contributed by atoms with van der Waals surface area (Å²) in [5.41, 5.74) is 3.10. The van der Waals surface area contributed by atoms with Crippen LogP contribution in [0.2, 0.25) is 0 Å². The van der Waals surface area contributed by atoms with Gasteiger partial charge < -0.3 is 10.1 Å². The summed E-state index contributed by atoms with van der Waals surface area (Å²) in [7, 11) is 1.89. The number of hydrogen-bond donors (Lipinski definition) is 1. The first-order valence-electron chi connectivity index (χ1n) is 5.60. The van der Waals surface area contributed by atoms with Gasteiger partial charge in [0, 0.05) is 18.9 Å². The van der Waals surface area contributed by atoms with Crippen molar-refractivity contribution in [3.05, 3.63) is 53.9 Å². The number of nitrogens with zero attached hydrogens (tertiary/aromatic N) is 1. The number of ether oxygens (including phenoxy) is 1. The van der Waals surface area contributed by atoms with Crippen LogP contribution in [0.5, 0.6) is 5.75 Å². The summed E-state index contributed by atoms with van der Waals surface area (Å²) in [5.74, 6) is 0.907. The van der Waals surface area contributed by atoms with E-state index in [-0.39, 0.29) is 0 Å². The van der Waals surface area contributed by atoms with Gasteiger partial charge in [-0.1, -0.05) is 18.2 Å². The van der Waals surface area contributed by atoms with Gasteiger partial charge in [0.15, 0.2) is 0 Å². The summed E-state index contributed by atoms with van der Waals surface area (Å²) in [4.78, 5) is 4.27. The molecule has 0 unspecified atom stereocenters. The Hall–Kier alpha value is -2.03. The van der Waals surface area contributed by atoms with Gasteiger partial charge in [-0.15, -0.1) is 0 Å². The first kappa shape index (κ1) is 11.5. The number of benzene rings is 1. The highest BCUT2D eigenvalue weighted by molar-refractivity contribution is 5.42. The average Bonchev–Trinajstić information content (AvgIpc) is 2.38. The van der Waals surface area contributed by atoms with Crippen LogP contribution in [0.15, 0.2) is 42.6 Å². The lowest BCUT2D eigenvalue weighted by Crippen LogP contribution is -2.00. The lowest BCUT2D eigenvalue weighted by molar-refractivity contribution is 0.299. The van der Waals surface area contributed by atoms with E-state index in [9.17, 15) is 0 Å².